The number of benzene rings is 1. The standard InChI is InChI=1S/C11H11ClO3S/c1-3-15-10(13)11(14)16-9-6-4-5-8(12)7(9)2/h4-6H,3H2,1-2H3. The van der Waals surface area contributed by atoms with Crippen molar-refractivity contribution in [3.05, 3.63) is 28.8 Å². The Morgan fingerprint density at radius 2 is 2.12 bits per heavy atom. The molecular formula is C11H11ClO3S. The van der Waals surface area contributed by atoms with Crippen LogP contribution in [0.4, 0.5) is 0 Å². The molecule has 1 aromatic rings. The van der Waals surface area contributed by atoms with Gasteiger partial charge in [-0.15, -0.1) is 0 Å². The quantitative estimate of drug-likeness (QED) is 0.465. The SMILES string of the molecule is CCOC(=O)C(=O)Sc1cccc(Cl)c1C. The Balaban J connectivity index is 2.77. The molecule has 0 heterocycles. The van der Waals surface area contributed by atoms with Crippen molar-refractivity contribution in [2.24, 2.45) is 0 Å². The van der Waals surface area contributed by atoms with E-state index in [0.717, 1.165) is 17.3 Å². The molecule has 0 unspecified atom stereocenters. The van der Waals surface area contributed by atoms with E-state index in [9.17, 15) is 9.59 Å². The zero-order valence-corrected chi connectivity index (χ0v) is 10.5. The maximum atomic E-state index is 11.4. The molecule has 0 aliphatic rings. The van der Waals surface area contributed by atoms with Gasteiger partial charge in [0.05, 0.1) is 6.61 Å². The summed E-state index contributed by atoms with van der Waals surface area (Å²) >= 11 is 6.73. The van der Waals surface area contributed by atoms with Gasteiger partial charge < -0.3 is 4.74 Å². The molecule has 1 aromatic carbocycles. The molecule has 0 spiro atoms. The van der Waals surface area contributed by atoms with Gasteiger partial charge in [-0.1, -0.05) is 17.7 Å². The summed E-state index contributed by atoms with van der Waals surface area (Å²) in [6.07, 6.45) is 0. The maximum absolute atomic E-state index is 11.4. The van der Waals surface area contributed by atoms with Crippen molar-refractivity contribution >= 4 is 34.4 Å². The number of ether oxygens (including phenoxy) is 1. The Hall–Kier alpha value is -1.00. The highest BCUT2D eigenvalue weighted by atomic mass is 35.5. The fourth-order valence-corrected chi connectivity index (χ4v) is 2.01. The number of esters is 1. The smallest absolute Gasteiger partial charge is 0.386 e. The van der Waals surface area contributed by atoms with Crippen molar-refractivity contribution in [1.82, 2.24) is 0 Å². The predicted molar refractivity (Wildman–Crippen MR) is 63.7 cm³/mol. The molecule has 0 radical (unpaired) electrons. The van der Waals surface area contributed by atoms with E-state index in [1.807, 2.05) is 0 Å². The summed E-state index contributed by atoms with van der Waals surface area (Å²) in [5.41, 5.74) is 0.784. The first kappa shape index (κ1) is 13.1. The molecule has 0 amide bonds. The van der Waals surface area contributed by atoms with Crippen LogP contribution in [-0.4, -0.2) is 17.7 Å². The molecule has 5 heteroatoms. The molecule has 1 rings (SSSR count). The number of carbonyl (C=O) groups excluding carboxylic acids is 2. The zero-order chi connectivity index (χ0) is 12.1. The molecule has 0 saturated heterocycles. The summed E-state index contributed by atoms with van der Waals surface area (Å²) in [6, 6.07) is 5.20. The molecule has 0 atom stereocenters. The third kappa shape index (κ3) is 3.25. The van der Waals surface area contributed by atoms with Gasteiger partial charge in [0.2, 0.25) is 0 Å². The average molecular weight is 259 g/mol. The molecule has 86 valence electrons. The Morgan fingerprint density at radius 1 is 1.44 bits per heavy atom. The molecule has 0 aliphatic carbocycles. The lowest BCUT2D eigenvalue weighted by Crippen LogP contribution is -2.13. The number of hydrogen-bond acceptors (Lipinski definition) is 4. The first-order chi connectivity index (χ1) is 7.56. The van der Waals surface area contributed by atoms with Crippen LogP contribution in [0.3, 0.4) is 0 Å². The molecule has 0 N–H and O–H groups in total. The molecule has 0 fully saturated rings. The van der Waals surface area contributed by atoms with Crippen molar-refractivity contribution in [1.29, 1.82) is 0 Å². The topological polar surface area (TPSA) is 43.4 Å². The van der Waals surface area contributed by atoms with Crippen LogP contribution in [0.1, 0.15) is 12.5 Å². The van der Waals surface area contributed by atoms with Gasteiger partial charge in [0.15, 0.2) is 0 Å². The molecule has 16 heavy (non-hydrogen) atoms. The number of thioether (sulfide) groups is 1. The first-order valence-electron chi connectivity index (χ1n) is 4.70. The van der Waals surface area contributed by atoms with E-state index in [4.69, 9.17) is 11.6 Å². The lowest BCUT2D eigenvalue weighted by Gasteiger charge is -2.05. The molecule has 3 nitrogen and oxygen atoms in total. The second-order valence-corrected chi connectivity index (χ2v) is 4.39. The van der Waals surface area contributed by atoms with Crippen molar-refractivity contribution in [3.8, 4) is 0 Å². The second kappa shape index (κ2) is 5.92. The van der Waals surface area contributed by atoms with Crippen LogP contribution in [0.5, 0.6) is 0 Å². The molecular weight excluding hydrogens is 248 g/mol. The minimum atomic E-state index is -0.827. The van der Waals surface area contributed by atoms with E-state index in [-0.39, 0.29) is 6.61 Å². The summed E-state index contributed by atoms with van der Waals surface area (Å²) in [5.74, 6) is -0.827. The summed E-state index contributed by atoms with van der Waals surface area (Å²) in [7, 11) is 0. The highest BCUT2D eigenvalue weighted by Crippen LogP contribution is 2.28. The van der Waals surface area contributed by atoms with E-state index < -0.39 is 11.1 Å². The van der Waals surface area contributed by atoms with Crippen molar-refractivity contribution in [2.75, 3.05) is 6.61 Å². The van der Waals surface area contributed by atoms with Crippen LogP contribution in [0.25, 0.3) is 0 Å². The third-order valence-electron chi connectivity index (χ3n) is 1.86. The lowest BCUT2D eigenvalue weighted by molar-refractivity contribution is -0.149. The van der Waals surface area contributed by atoms with Gasteiger partial charge in [-0.2, -0.15) is 0 Å². The van der Waals surface area contributed by atoms with E-state index >= 15 is 0 Å². The van der Waals surface area contributed by atoms with Crippen molar-refractivity contribution < 1.29 is 14.3 Å². The summed E-state index contributed by atoms with van der Waals surface area (Å²) in [6.45, 7) is 3.64. The Labute approximate surface area is 103 Å². The molecule has 0 saturated carbocycles. The van der Waals surface area contributed by atoms with Crippen LogP contribution in [0, 0.1) is 6.92 Å². The normalized spacial score (nSPS) is 9.94. The van der Waals surface area contributed by atoms with Crippen LogP contribution in [0.2, 0.25) is 5.02 Å². The molecule has 0 aromatic heterocycles. The minimum absolute atomic E-state index is 0.194. The second-order valence-electron chi connectivity index (χ2n) is 2.97. The fourth-order valence-electron chi connectivity index (χ4n) is 1.03. The fraction of sp³-hybridized carbons (Fsp3) is 0.273. The number of hydrogen-bond donors (Lipinski definition) is 0. The van der Waals surface area contributed by atoms with Gasteiger partial charge in [0.1, 0.15) is 0 Å². The maximum Gasteiger partial charge on any atom is 0.386 e. The number of halogens is 1. The van der Waals surface area contributed by atoms with Gasteiger partial charge in [-0.25, -0.2) is 4.79 Å². The Bertz CT molecular complexity index is 418. The summed E-state index contributed by atoms with van der Waals surface area (Å²) in [5, 5.41) is -0.0612. The van der Waals surface area contributed by atoms with E-state index in [2.05, 4.69) is 4.74 Å². The monoisotopic (exact) mass is 258 g/mol. The van der Waals surface area contributed by atoms with Crippen LogP contribution in [0.15, 0.2) is 23.1 Å². The van der Waals surface area contributed by atoms with Crippen LogP contribution < -0.4 is 0 Å². The van der Waals surface area contributed by atoms with E-state index in [0.29, 0.717) is 9.92 Å². The van der Waals surface area contributed by atoms with E-state index in [1.54, 1.807) is 32.0 Å². The van der Waals surface area contributed by atoms with Gasteiger partial charge in [-0.3, -0.25) is 4.79 Å². The van der Waals surface area contributed by atoms with Crippen molar-refractivity contribution in [2.45, 2.75) is 18.7 Å². The summed E-state index contributed by atoms with van der Waals surface area (Å²) < 4.78 is 4.60. The zero-order valence-electron chi connectivity index (χ0n) is 8.95. The van der Waals surface area contributed by atoms with Gasteiger partial charge in [0, 0.05) is 9.92 Å². The van der Waals surface area contributed by atoms with Crippen LogP contribution >= 0.6 is 23.4 Å². The average Bonchev–Trinajstić information content (AvgIpc) is 2.25. The Morgan fingerprint density at radius 3 is 2.75 bits per heavy atom. The number of rotatable bonds is 2. The molecule has 0 aliphatic heterocycles. The summed E-state index contributed by atoms with van der Waals surface area (Å²) in [4.78, 5) is 23.2. The van der Waals surface area contributed by atoms with Gasteiger partial charge in [-0.05, 0) is 43.3 Å². The molecule has 0 bridgehead atoms. The van der Waals surface area contributed by atoms with Gasteiger partial charge >= 0.3 is 11.1 Å². The van der Waals surface area contributed by atoms with E-state index in [1.165, 1.54) is 0 Å². The van der Waals surface area contributed by atoms with Gasteiger partial charge in [0.25, 0.3) is 0 Å². The van der Waals surface area contributed by atoms with Crippen molar-refractivity contribution in [3.63, 3.8) is 0 Å². The van der Waals surface area contributed by atoms with Crippen LogP contribution in [-0.2, 0) is 14.3 Å². The lowest BCUT2D eigenvalue weighted by atomic mass is 10.2. The first-order valence-corrected chi connectivity index (χ1v) is 5.89. The largest absolute Gasteiger partial charge is 0.460 e. The highest BCUT2D eigenvalue weighted by Gasteiger charge is 2.17. The Kier molecular flexibility index (Phi) is 4.83. The minimum Gasteiger partial charge on any atom is -0.460 e. The third-order valence-corrected chi connectivity index (χ3v) is 3.29. The highest BCUT2D eigenvalue weighted by molar-refractivity contribution is 8.15. The number of carbonyl (C=O) groups is 2. The predicted octanol–water partition coefficient (Wildman–Crippen LogP) is 2.83.